The second-order valence-electron chi connectivity index (χ2n) is 3.80. The molecule has 0 radical (unpaired) electrons. The van der Waals surface area contributed by atoms with Crippen LogP contribution in [0.4, 0.5) is 0 Å². The van der Waals surface area contributed by atoms with Gasteiger partial charge in [-0.15, -0.1) is 11.3 Å². The van der Waals surface area contributed by atoms with Crippen LogP contribution in [0.5, 0.6) is 0 Å². The van der Waals surface area contributed by atoms with Gasteiger partial charge < -0.3 is 5.32 Å². The number of pyridine rings is 1. The average molecular weight is 336 g/mol. The van der Waals surface area contributed by atoms with Crippen LogP contribution in [0.25, 0.3) is 0 Å². The molecule has 0 aliphatic carbocycles. The van der Waals surface area contributed by atoms with Gasteiger partial charge in [0.15, 0.2) is 0 Å². The summed E-state index contributed by atoms with van der Waals surface area (Å²) < 4.78 is 0.676. The van der Waals surface area contributed by atoms with Crippen molar-refractivity contribution in [2.24, 2.45) is 0 Å². The highest BCUT2D eigenvalue weighted by Crippen LogP contribution is 2.27. The first-order valence-corrected chi connectivity index (χ1v) is 7.30. The molecular formula is C12H9Cl3N2OS. The van der Waals surface area contributed by atoms with Gasteiger partial charge in [-0.25, -0.2) is 4.98 Å². The van der Waals surface area contributed by atoms with Crippen LogP contribution in [0.3, 0.4) is 0 Å². The first kappa shape index (κ1) is 14.6. The maximum absolute atomic E-state index is 12.1. The molecule has 19 heavy (non-hydrogen) atoms. The summed E-state index contributed by atoms with van der Waals surface area (Å²) in [5.41, 5.74) is 0.115. The number of hydrogen-bond donors (Lipinski definition) is 1. The minimum absolute atomic E-state index is 0.115. The van der Waals surface area contributed by atoms with Crippen LogP contribution < -0.4 is 5.32 Å². The van der Waals surface area contributed by atoms with Gasteiger partial charge >= 0.3 is 0 Å². The average Bonchev–Trinajstić information content (AvgIpc) is 2.79. The zero-order valence-electron chi connectivity index (χ0n) is 9.78. The summed E-state index contributed by atoms with van der Waals surface area (Å²) in [6.07, 6.45) is 0. The Morgan fingerprint density at radius 1 is 1.26 bits per heavy atom. The van der Waals surface area contributed by atoms with Crippen LogP contribution in [0.2, 0.25) is 14.5 Å². The van der Waals surface area contributed by atoms with Gasteiger partial charge in [-0.2, -0.15) is 0 Å². The number of nitrogens with zero attached hydrogens (tertiary/aromatic N) is 1. The van der Waals surface area contributed by atoms with E-state index in [0.717, 1.165) is 4.88 Å². The molecule has 1 unspecified atom stereocenters. The molecule has 3 nitrogen and oxygen atoms in total. The van der Waals surface area contributed by atoms with Crippen molar-refractivity contribution in [1.29, 1.82) is 0 Å². The summed E-state index contributed by atoms with van der Waals surface area (Å²) in [7, 11) is 0. The minimum Gasteiger partial charge on any atom is -0.343 e. The van der Waals surface area contributed by atoms with Crippen LogP contribution in [-0.2, 0) is 0 Å². The van der Waals surface area contributed by atoms with Crippen LogP contribution in [0, 0.1) is 0 Å². The van der Waals surface area contributed by atoms with Gasteiger partial charge in [-0.3, -0.25) is 4.79 Å². The van der Waals surface area contributed by atoms with Gasteiger partial charge in [0.05, 0.1) is 15.4 Å². The molecule has 1 amide bonds. The lowest BCUT2D eigenvalue weighted by molar-refractivity contribution is 0.0935. The largest absolute Gasteiger partial charge is 0.343 e. The Balaban J connectivity index is 2.15. The molecule has 1 N–H and O–H groups in total. The summed E-state index contributed by atoms with van der Waals surface area (Å²) in [6.45, 7) is 1.86. The van der Waals surface area contributed by atoms with Crippen molar-refractivity contribution in [3.8, 4) is 0 Å². The Morgan fingerprint density at radius 3 is 2.63 bits per heavy atom. The summed E-state index contributed by atoms with van der Waals surface area (Å²) in [5, 5.41) is 3.29. The Morgan fingerprint density at radius 2 is 2.00 bits per heavy atom. The Labute approximate surface area is 129 Å². The molecule has 0 saturated carbocycles. The molecule has 0 spiro atoms. The first-order chi connectivity index (χ1) is 8.97. The van der Waals surface area contributed by atoms with Crippen molar-refractivity contribution in [2.75, 3.05) is 0 Å². The number of halogens is 3. The van der Waals surface area contributed by atoms with Crippen molar-refractivity contribution in [1.82, 2.24) is 10.3 Å². The Hall–Kier alpha value is -0.810. The fourth-order valence-corrected chi connectivity index (χ4v) is 2.88. The van der Waals surface area contributed by atoms with Crippen LogP contribution in [0.15, 0.2) is 24.3 Å². The lowest BCUT2D eigenvalue weighted by atomic mass is 10.2. The third-order valence-corrected chi connectivity index (χ3v) is 4.32. The highest BCUT2D eigenvalue weighted by Gasteiger charge is 2.17. The van der Waals surface area contributed by atoms with Crippen LogP contribution >= 0.6 is 46.1 Å². The van der Waals surface area contributed by atoms with E-state index in [1.54, 1.807) is 12.1 Å². The fraction of sp³-hybridized carbons (Fsp3) is 0.167. The monoisotopic (exact) mass is 334 g/mol. The van der Waals surface area contributed by atoms with Gasteiger partial charge in [0.2, 0.25) is 0 Å². The third kappa shape index (κ3) is 3.60. The molecule has 0 bridgehead atoms. The smallest absolute Gasteiger partial charge is 0.271 e. The molecule has 100 valence electrons. The highest BCUT2D eigenvalue weighted by atomic mass is 35.5. The molecule has 0 aliphatic heterocycles. The van der Waals surface area contributed by atoms with E-state index in [1.807, 2.05) is 13.0 Å². The topological polar surface area (TPSA) is 42.0 Å². The number of carbonyl (C=O) groups excluding carboxylic acids is 1. The van der Waals surface area contributed by atoms with E-state index in [9.17, 15) is 4.79 Å². The van der Waals surface area contributed by atoms with Gasteiger partial charge in [-0.1, -0.05) is 34.8 Å². The Kier molecular flexibility index (Phi) is 4.68. The summed E-state index contributed by atoms with van der Waals surface area (Å²) in [6, 6.07) is 6.54. The van der Waals surface area contributed by atoms with Gasteiger partial charge in [0, 0.05) is 4.88 Å². The second kappa shape index (κ2) is 6.09. The predicted octanol–water partition coefficient (Wildman–Crippen LogP) is 4.59. The van der Waals surface area contributed by atoms with Crippen LogP contribution in [0.1, 0.15) is 28.3 Å². The standard InChI is InChI=1S/C12H9Cl3N2OS/c1-6(8-3-5-10(15)19-8)16-12(18)11-7(13)2-4-9(14)17-11/h2-6H,1H3,(H,16,18). The molecule has 0 aliphatic rings. The predicted molar refractivity (Wildman–Crippen MR) is 79.5 cm³/mol. The third-order valence-electron chi connectivity index (χ3n) is 2.40. The van der Waals surface area contributed by atoms with E-state index in [1.165, 1.54) is 17.4 Å². The first-order valence-electron chi connectivity index (χ1n) is 5.35. The number of thiophene rings is 1. The second-order valence-corrected chi connectivity index (χ2v) is 6.34. The summed E-state index contributed by atoms with van der Waals surface area (Å²) in [5.74, 6) is -0.371. The van der Waals surface area contributed by atoms with Crippen molar-refractivity contribution in [3.63, 3.8) is 0 Å². The minimum atomic E-state index is -0.371. The van der Waals surface area contributed by atoms with E-state index < -0.39 is 0 Å². The summed E-state index contributed by atoms with van der Waals surface area (Å²) >= 11 is 18.9. The van der Waals surface area contributed by atoms with Gasteiger partial charge in [0.25, 0.3) is 5.91 Å². The van der Waals surface area contributed by atoms with Crippen molar-refractivity contribution >= 4 is 52.0 Å². The van der Waals surface area contributed by atoms with Crippen molar-refractivity contribution in [3.05, 3.63) is 49.3 Å². The van der Waals surface area contributed by atoms with E-state index in [0.29, 0.717) is 4.34 Å². The van der Waals surface area contributed by atoms with E-state index in [4.69, 9.17) is 34.8 Å². The quantitative estimate of drug-likeness (QED) is 0.833. The zero-order valence-corrected chi connectivity index (χ0v) is 12.9. The van der Waals surface area contributed by atoms with Crippen LogP contribution in [-0.4, -0.2) is 10.9 Å². The normalized spacial score (nSPS) is 12.2. The molecule has 2 aromatic rings. The maximum Gasteiger partial charge on any atom is 0.271 e. The molecule has 0 aromatic carbocycles. The molecule has 2 heterocycles. The van der Waals surface area contributed by atoms with E-state index in [2.05, 4.69) is 10.3 Å². The molecule has 2 aromatic heterocycles. The van der Waals surface area contributed by atoms with Crippen molar-refractivity contribution in [2.45, 2.75) is 13.0 Å². The number of carbonyl (C=O) groups is 1. The number of aromatic nitrogens is 1. The maximum atomic E-state index is 12.1. The SMILES string of the molecule is CC(NC(=O)c1nc(Cl)ccc1Cl)c1ccc(Cl)s1. The molecule has 0 saturated heterocycles. The van der Waals surface area contributed by atoms with E-state index in [-0.39, 0.29) is 27.8 Å². The molecular weight excluding hydrogens is 327 g/mol. The lowest BCUT2D eigenvalue weighted by Crippen LogP contribution is -2.27. The van der Waals surface area contributed by atoms with E-state index >= 15 is 0 Å². The summed E-state index contributed by atoms with van der Waals surface area (Å²) in [4.78, 5) is 16.9. The number of nitrogens with one attached hydrogen (secondary N) is 1. The zero-order chi connectivity index (χ0) is 14.0. The number of hydrogen-bond acceptors (Lipinski definition) is 3. The molecule has 7 heteroatoms. The number of amides is 1. The fourth-order valence-electron chi connectivity index (χ4n) is 1.47. The molecule has 1 atom stereocenters. The van der Waals surface area contributed by atoms with Gasteiger partial charge in [-0.05, 0) is 31.2 Å². The molecule has 2 rings (SSSR count). The van der Waals surface area contributed by atoms with Crippen molar-refractivity contribution < 1.29 is 4.79 Å². The number of rotatable bonds is 3. The van der Waals surface area contributed by atoms with Gasteiger partial charge in [0.1, 0.15) is 10.8 Å². The highest BCUT2D eigenvalue weighted by molar-refractivity contribution is 7.16. The Bertz CT molecular complexity index is 615. The lowest BCUT2D eigenvalue weighted by Gasteiger charge is -2.12. The molecule has 0 fully saturated rings.